The van der Waals surface area contributed by atoms with Crippen LogP contribution in [-0.4, -0.2) is 34.9 Å². The Balaban J connectivity index is 3.60. The Kier molecular flexibility index (Phi) is 18.4. The Hall–Kier alpha value is -1.98. The number of unbranched alkanes of at least 4 members (excludes halogenated alkanes) is 4. The van der Waals surface area contributed by atoms with Crippen LogP contribution in [0.3, 0.4) is 0 Å². The predicted octanol–water partition coefficient (Wildman–Crippen LogP) is 4.56. The lowest BCUT2D eigenvalue weighted by Crippen LogP contribution is -2.28. The molecule has 0 fully saturated rings. The van der Waals surface area contributed by atoms with Crippen molar-refractivity contribution in [1.82, 2.24) is 0 Å². The first-order chi connectivity index (χ1) is 13.6. The van der Waals surface area contributed by atoms with Crippen LogP contribution < -0.4 is 0 Å². The summed E-state index contributed by atoms with van der Waals surface area (Å²) in [4.78, 5) is 22.4. The molecule has 5 heteroatoms. The van der Waals surface area contributed by atoms with Crippen molar-refractivity contribution in [3.63, 3.8) is 0 Å². The SMILES string of the molecule is CCCCC/C=C\C/C=C\C/C=C\C/C=C\CCCC(=O)OC(=O)C(O)CO. The summed E-state index contributed by atoms with van der Waals surface area (Å²) in [7, 11) is 0. The van der Waals surface area contributed by atoms with Crippen LogP contribution >= 0.6 is 0 Å². The largest absolute Gasteiger partial charge is 0.393 e. The average Bonchev–Trinajstić information content (AvgIpc) is 2.69. The van der Waals surface area contributed by atoms with Gasteiger partial charge < -0.3 is 14.9 Å². The van der Waals surface area contributed by atoms with E-state index in [1.54, 1.807) is 0 Å². The van der Waals surface area contributed by atoms with Gasteiger partial charge in [-0.15, -0.1) is 0 Å². The van der Waals surface area contributed by atoms with Crippen molar-refractivity contribution in [2.24, 2.45) is 0 Å². The number of aliphatic hydroxyl groups is 2. The van der Waals surface area contributed by atoms with Crippen LogP contribution in [0.1, 0.15) is 71.1 Å². The quantitative estimate of drug-likeness (QED) is 0.174. The number of carbonyl (C=O) groups is 2. The summed E-state index contributed by atoms with van der Waals surface area (Å²) in [5, 5.41) is 17.6. The van der Waals surface area contributed by atoms with Gasteiger partial charge in [0.1, 0.15) is 0 Å². The first kappa shape index (κ1) is 26.0. The Morgan fingerprint density at radius 1 is 0.821 bits per heavy atom. The summed E-state index contributed by atoms with van der Waals surface area (Å²) in [6.07, 6.45) is 24.6. The second-order valence-electron chi connectivity index (χ2n) is 6.47. The highest BCUT2D eigenvalue weighted by Gasteiger charge is 2.18. The molecule has 2 N–H and O–H groups in total. The van der Waals surface area contributed by atoms with Crippen molar-refractivity contribution < 1.29 is 24.5 Å². The Labute approximate surface area is 169 Å². The molecule has 0 aromatic heterocycles. The van der Waals surface area contributed by atoms with E-state index < -0.39 is 24.6 Å². The van der Waals surface area contributed by atoms with Gasteiger partial charge >= 0.3 is 11.9 Å². The molecule has 28 heavy (non-hydrogen) atoms. The van der Waals surface area contributed by atoms with Crippen molar-refractivity contribution in [2.75, 3.05) is 6.61 Å². The zero-order chi connectivity index (χ0) is 20.9. The number of hydrogen-bond acceptors (Lipinski definition) is 5. The average molecular weight is 393 g/mol. The summed E-state index contributed by atoms with van der Waals surface area (Å²) < 4.78 is 4.40. The highest BCUT2D eigenvalue weighted by Crippen LogP contribution is 2.02. The van der Waals surface area contributed by atoms with Gasteiger partial charge in [-0.1, -0.05) is 68.4 Å². The molecule has 0 rings (SSSR count). The van der Waals surface area contributed by atoms with Crippen LogP contribution in [0.5, 0.6) is 0 Å². The fourth-order valence-electron chi connectivity index (χ4n) is 2.23. The number of aliphatic hydroxyl groups excluding tert-OH is 2. The molecule has 0 aromatic rings. The Morgan fingerprint density at radius 3 is 1.82 bits per heavy atom. The van der Waals surface area contributed by atoms with Crippen molar-refractivity contribution in [3.8, 4) is 0 Å². The van der Waals surface area contributed by atoms with Gasteiger partial charge in [0.15, 0.2) is 6.10 Å². The highest BCUT2D eigenvalue weighted by molar-refractivity contribution is 5.87. The van der Waals surface area contributed by atoms with Crippen LogP contribution in [0.4, 0.5) is 0 Å². The maximum absolute atomic E-state index is 11.4. The molecule has 0 radical (unpaired) electrons. The minimum atomic E-state index is -1.66. The summed E-state index contributed by atoms with van der Waals surface area (Å²) in [6, 6.07) is 0. The molecule has 0 aliphatic carbocycles. The molecule has 0 amide bonds. The Bertz CT molecular complexity index is 517. The smallest absolute Gasteiger partial charge is 0.345 e. The topological polar surface area (TPSA) is 83.8 Å². The molecular weight excluding hydrogens is 356 g/mol. The zero-order valence-corrected chi connectivity index (χ0v) is 17.1. The molecule has 0 saturated carbocycles. The van der Waals surface area contributed by atoms with Crippen LogP contribution in [0, 0.1) is 0 Å². The van der Waals surface area contributed by atoms with Crippen LogP contribution in [0.25, 0.3) is 0 Å². The van der Waals surface area contributed by atoms with Crippen LogP contribution in [0.2, 0.25) is 0 Å². The Morgan fingerprint density at radius 2 is 1.32 bits per heavy atom. The first-order valence-corrected chi connectivity index (χ1v) is 10.2. The first-order valence-electron chi connectivity index (χ1n) is 10.2. The third kappa shape index (κ3) is 17.4. The van der Waals surface area contributed by atoms with Gasteiger partial charge in [0.05, 0.1) is 6.61 Å². The summed E-state index contributed by atoms with van der Waals surface area (Å²) >= 11 is 0. The number of ether oxygens (including phenoxy) is 1. The molecule has 0 saturated heterocycles. The fraction of sp³-hybridized carbons (Fsp3) is 0.565. The lowest BCUT2D eigenvalue weighted by Gasteiger charge is -2.05. The van der Waals surface area contributed by atoms with Crippen molar-refractivity contribution >= 4 is 11.9 Å². The second kappa shape index (κ2) is 19.8. The molecule has 0 aromatic carbocycles. The van der Waals surface area contributed by atoms with E-state index in [1.807, 2.05) is 12.2 Å². The van der Waals surface area contributed by atoms with Gasteiger partial charge in [0.25, 0.3) is 0 Å². The minimum absolute atomic E-state index is 0.0991. The summed E-state index contributed by atoms with van der Waals surface area (Å²) in [6.45, 7) is 1.46. The van der Waals surface area contributed by atoms with Crippen molar-refractivity contribution in [3.05, 3.63) is 48.6 Å². The van der Waals surface area contributed by atoms with Gasteiger partial charge in [0.2, 0.25) is 0 Å². The number of rotatable bonds is 16. The standard InChI is InChI=1S/C23H36O5/c1-2-3-4-5-6-7-8-9-10-11-12-13-14-15-16-17-18-19-22(26)28-23(27)21(25)20-24/h6-7,9-10,12-13,15-16,21,24-25H,2-5,8,11,14,17-20H2,1H3/b7-6-,10-9-,13-12-,16-15-. The maximum Gasteiger partial charge on any atom is 0.345 e. The molecule has 0 aliphatic heterocycles. The highest BCUT2D eigenvalue weighted by atomic mass is 16.6. The number of esters is 2. The minimum Gasteiger partial charge on any atom is -0.393 e. The predicted molar refractivity (Wildman–Crippen MR) is 113 cm³/mol. The van der Waals surface area contributed by atoms with E-state index in [2.05, 4.69) is 48.1 Å². The lowest BCUT2D eigenvalue weighted by molar-refractivity contribution is -0.167. The third-order valence-corrected chi connectivity index (χ3v) is 3.87. The molecule has 0 spiro atoms. The van der Waals surface area contributed by atoms with E-state index in [9.17, 15) is 9.59 Å². The molecular formula is C23H36O5. The van der Waals surface area contributed by atoms with Crippen molar-refractivity contribution in [1.29, 1.82) is 0 Å². The van der Waals surface area contributed by atoms with Gasteiger partial charge in [-0.05, 0) is 44.9 Å². The van der Waals surface area contributed by atoms with E-state index in [0.29, 0.717) is 12.8 Å². The molecule has 5 nitrogen and oxygen atoms in total. The molecule has 1 unspecified atom stereocenters. The number of carbonyl (C=O) groups excluding carboxylic acids is 2. The van der Waals surface area contributed by atoms with Gasteiger partial charge in [0, 0.05) is 6.42 Å². The fourth-order valence-corrected chi connectivity index (χ4v) is 2.23. The van der Waals surface area contributed by atoms with Gasteiger partial charge in [-0.3, -0.25) is 4.79 Å². The van der Waals surface area contributed by atoms with Crippen molar-refractivity contribution in [2.45, 2.75) is 77.2 Å². The normalized spacial score (nSPS) is 13.2. The molecule has 0 bridgehead atoms. The van der Waals surface area contributed by atoms with E-state index in [1.165, 1.54) is 25.7 Å². The second-order valence-corrected chi connectivity index (χ2v) is 6.47. The summed E-state index contributed by atoms with van der Waals surface area (Å²) in [5.41, 5.74) is 0. The third-order valence-electron chi connectivity index (χ3n) is 3.87. The van der Waals surface area contributed by atoms with E-state index >= 15 is 0 Å². The van der Waals surface area contributed by atoms with E-state index in [-0.39, 0.29) is 6.42 Å². The molecule has 158 valence electrons. The lowest BCUT2D eigenvalue weighted by atomic mass is 10.2. The molecule has 0 heterocycles. The summed E-state index contributed by atoms with van der Waals surface area (Å²) in [5.74, 6) is -1.79. The van der Waals surface area contributed by atoms with Gasteiger partial charge in [-0.25, -0.2) is 4.79 Å². The van der Waals surface area contributed by atoms with E-state index in [4.69, 9.17) is 10.2 Å². The zero-order valence-electron chi connectivity index (χ0n) is 17.1. The maximum atomic E-state index is 11.4. The monoisotopic (exact) mass is 392 g/mol. The number of hydrogen-bond donors (Lipinski definition) is 2. The van der Waals surface area contributed by atoms with Gasteiger partial charge in [-0.2, -0.15) is 0 Å². The number of allylic oxidation sites excluding steroid dienone is 8. The van der Waals surface area contributed by atoms with Crippen LogP contribution in [0.15, 0.2) is 48.6 Å². The van der Waals surface area contributed by atoms with E-state index in [0.717, 1.165) is 19.3 Å². The van der Waals surface area contributed by atoms with Crippen LogP contribution in [-0.2, 0) is 14.3 Å². The molecule has 1 atom stereocenters. The molecule has 0 aliphatic rings.